The number of benzene rings is 1. The molecule has 2 N–H and O–H groups in total. The fourth-order valence-corrected chi connectivity index (χ4v) is 3.34. The quantitative estimate of drug-likeness (QED) is 0.793. The molecule has 1 aromatic carbocycles. The third-order valence-corrected chi connectivity index (χ3v) is 4.91. The van der Waals surface area contributed by atoms with E-state index in [1.165, 1.54) is 11.8 Å². The lowest BCUT2D eigenvalue weighted by Crippen LogP contribution is -2.71. The SMILES string of the molecule is CCc1ccc(C(=O)N2CCN3C(=O)[C@@H]([C@H](C)O)NC(=O)[C@H]3C2)cc1. The van der Waals surface area contributed by atoms with Gasteiger partial charge in [-0.1, -0.05) is 19.1 Å². The minimum atomic E-state index is -0.950. The van der Waals surface area contributed by atoms with Crippen molar-refractivity contribution in [3.8, 4) is 0 Å². The number of fused-ring (bicyclic) bond motifs is 1. The van der Waals surface area contributed by atoms with Crippen molar-refractivity contribution >= 4 is 17.7 Å². The lowest BCUT2D eigenvalue weighted by atomic mass is 10.0. The Bertz CT molecular complexity index is 686. The summed E-state index contributed by atoms with van der Waals surface area (Å²) in [6.45, 7) is 4.35. The molecule has 3 amide bonds. The maximum absolute atomic E-state index is 12.7. The molecular formula is C18H23N3O4. The van der Waals surface area contributed by atoms with Gasteiger partial charge in [-0.15, -0.1) is 0 Å². The van der Waals surface area contributed by atoms with E-state index in [2.05, 4.69) is 12.2 Å². The Balaban J connectivity index is 1.73. The van der Waals surface area contributed by atoms with Crippen LogP contribution < -0.4 is 5.32 Å². The third kappa shape index (κ3) is 3.24. The number of hydrogen-bond donors (Lipinski definition) is 2. The number of aryl methyl sites for hydroxylation is 1. The second-order valence-corrected chi connectivity index (χ2v) is 6.58. The van der Waals surface area contributed by atoms with E-state index in [1.54, 1.807) is 17.0 Å². The average Bonchev–Trinajstić information content (AvgIpc) is 2.63. The van der Waals surface area contributed by atoms with Gasteiger partial charge in [0, 0.05) is 18.7 Å². The van der Waals surface area contributed by atoms with Crippen molar-refractivity contribution in [3.63, 3.8) is 0 Å². The second kappa shape index (κ2) is 6.84. The van der Waals surface area contributed by atoms with E-state index in [0.29, 0.717) is 18.7 Å². The average molecular weight is 345 g/mol. The Labute approximate surface area is 146 Å². The van der Waals surface area contributed by atoms with Gasteiger partial charge in [0.2, 0.25) is 11.8 Å². The summed E-state index contributed by atoms with van der Waals surface area (Å²) >= 11 is 0. The van der Waals surface area contributed by atoms with Gasteiger partial charge in [0.25, 0.3) is 5.91 Å². The normalized spacial score (nSPS) is 24.6. The van der Waals surface area contributed by atoms with Gasteiger partial charge in [-0.2, -0.15) is 0 Å². The van der Waals surface area contributed by atoms with Gasteiger partial charge in [-0.25, -0.2) is 0 Å². The van der Waals surface area contributed by atoms with Crippen molar-refractivity contribution in [1.82, 2.24) is 15.1 Å². The lowest BCUT2D eigenvalue weighted by molar-refractivity contribution is -0.155. The molecule has 0 spiro atoms. The zero-order valence-corrected chi connectivity index (χ0v) is 14.4. The summed E-state index contributed by atoms with van der Waals surface area (Å²) in [5.74, 6) is -0.761. The Morgan fingerprint density at radius 3 is 2.56 bits per heavy atom. The number of hydrogen-bond acceptors (Lipinski definition) is 4. The van der Waals surface area contributed by atoms with Gasteiger partial charge >= 0.3 is 0 Å². The predicted molar refractivity (Wildman–Crippen MR) is 90.8 cm³/mol. The van der Waals surface area contributed by atoms with Crippen LogP contribution in [-0.4, -0.2) is 70.4 Å². The van der Waals surface area contributed by atoms with E-state index in [4.69, 9.17) is 0 Å². The first-order valence-electron chi connectivity index (χ1n) is 8.59. The van der Waals surface area contributed by atoms with Crippen LogP contribution in [0.4, 0.5) is 0 Å². The third-order valence-electron chi connectivity index (χ3n) is 4.91. The highest BCUT2D eigenvalue weighted by Crippen LogP contribution is 2.19. The van der Waals surface area contributed by atoms with Crippen molar-refractivity contribution in [3.05, 3.63) is 35.4 Å². The Morgan fingerprint density at radius 2 is 1.96 bits per heavy atom. The summed E-state index contributed by atoms with van der Waals surface area (Å²) in [6, 6.07) is 5.83. The maximum Gasteiger partial charge on any atom is 0.253 e. The van der Waals surface area contributed by atoms with E-state index >= 15 is 0 Å². The molecule has 0 aliphatic carbocycles. The number of carbonyl (C=O) groups excluding carboxylic acids is 3. The molecule has 25 heavy (non-hydrogen) atoms. The number of piperazine rings is 2. The fourth-order valence-electron chi connectivity index (χ4n) is 3.34. The highest BCUT2D eigenvalue weighted by Gasteiger charge is 2.45. The van der Waals surface area contributed by atoms with Gasteiger partial charge in [0.15, 0.2) is 0 Å². The molecule has 1 aromatic rings. The molecule has 0 radical (unpaired) electrons. The molecule has 134 valence electrons. The molecule has 2 aliphatic heterocycles. The molecule has 0 aromatic heterocycles. The standard InChI is InChI=1S/C18H23N3O4/c1-3-12-4-6-13(7-5-12)17(24)20-8-9-21-14(10-20)16(23)19-15(11(2)22)18(21)25/h4-7,11,14-15,22H,3,8-10H2,1-2H3,(H,19,23)/t11-,14+,15+/m0/s1. The molecule has 2 fully saturated rings. The van der Waals surface area contributed by atoms with Gasteiger partial charge in [0.1, 0.15) is 12.1 Å². The first-order chi connectivity index (χ1) is 11.9. The first kappa shape index (κ1) is 17.4. The van der Waals surface area contributed by atoms with E-state index < -0.39 is 18.2 Å². The Hall–Kier alpha value is -2.41. The fraction of sp³-hybridized carbons (Fsp3) is 0.500. The second-order valence-electron chi connectivity index (χ2n) is 6.58. The number of aliphatic hydroxyl groups excluding tert-OH is 1. The van der Waals surface area contributed by atoms with Crippen LogP contribution >= 0.6 is 0 Å². The summed E-state index contributed by atoms with van der Waals surface area (Å²) in [7, 11) is 0. The van der Waals surface area contributed by atoms with Crippen LogP contribution in [0.25, 0.3) is 0 Å². The molecule has 2 saturated heterocycles. The van der Waals surface area contributed by atoms with Crippen molar-refractivity contribution in [2.45, 2.75) is 38.5 Å². The smallest absolute Gasteiger partial charge is 0.253 e. The molecule has 2 aliphatic rings. The topological polar surface area (TPSA) is 90.0 Å². The van der Waals surface area contributed by atoms with E-state index in [1.807, 2.05) is 12.1 Å². The Morgan fingerprint density at radius 1 is 1.28 bits per heavy atom. The monoisotopic (exact) mass is 345 g/mol. The largest absolute Gasteiger partial charge is 0.391 e. The number of nitrogens with one attached hydrogen (secondary N) is 1. The molecule has 7 nitrogen and oxygen atoms in total. The highest BCUT2D eigenvalue weighted by molar-refractivity contribution is 5.99. The van der Waals surface area contributed by atoms with Crippen LogP contribution in [0, 0.1) is 0 Å². The van der Waals surface area contributed by atoms with Crippen LogP contribution in [0.5, 0.6) is 0 Å². The number of rotatable bonds is 3. The van der Waals surface area contributed by atoms with Gasteiger partial charge in [-0.3, -0.25) is 14.4 Å². The first-order valence-corrected chi connectivity index (χ1v) is 8.59. The van der Waals surface area contributed by atoms with Crippen molar-refractivity contribution < 1.29 is 19.5 Å². The van der Waals surface area contributed by atoms with Crippen LogP contribution in [0.3, 0.4) is 0 Å². The van der Waals surface area contributed by atoms with Crippen molar-refractivity contribution in [1.29, 1.82) is 0 Å². The van der Waals surface area contributed by atoms with E-state index in [9.17, 15) is 19.5 Å². The van der Waals surface area contributed by atoms with E-state index in [0.717, 1.165) is 12.0 Å². The van der Waals surface area contributed by atoms with Gasteiger partial charge in [0.05, 0.1) is 12.6 Å². The zero-order chi connectivity index (χ0) is 18.1. The van der Waals surface area contributed by atoms with Crippen LogP contribution in [0.15, 0.2) is 24.3 Å². The summed E-state index contributed by atoms with van der Waals surface area (Å²) in [4.78, 5) is 40.5. The minimum Gasteiger partial charge on any atom is -0.391 e. The predicted octanol–water partition coefficient (Wildman–Crippen LogP) is -0.219. The van der Waals surface area contributed by atoms with Gasteiger partial charge < -0.3 is 20.2 Å². The summed E-state index contributed by atoms with van der Waals surface area (Å²) < 4.78 is 0. The summed E-state index contributed by atoms with van der Waals surface area (Å²) in [6.07, 6.45) is -0.0452. The summed E-state index contributed by atoms with van der Waals surface area (Å²) in [5, 5.41) is 12.2. The van der Waals surface area contributed by atoms with Crippen molar-refractivity contribution in [2.75, 3.05) is 19.6 Å². The molecule has 7 heteroatoms. The minimum absolute atomic E-state index is 0.139. The van der Waals surface area contributed by atoms with Crippen LogP contribution in [-0.2, 0) is 16.0 Å². The number of carbonyl (C=O) groups is 3. The zero-order valence-electron chi connectivity index (χ0n) is 14.4. The molecule has 0 saturated carbocycles. The highest BCUT2D eigenvalue weighted by atomic mass is 16.3. The molecule has 3 atom stereocenters. The van der Waals surface area contributed by atoms with Crippen LogP contribution in [0.2, 0.25) is 0 Å². The number of aliphatic hydroxyl groups is 1. The van der Waals surface area contributed by atoms with E-state index in [-0.39, 0.29) is 24.3 Å². The lowest BCUT2D eigenvalue weighted by Gasteiger charge is -2.45. The number of amides is 3. The van der Waals surface area contributed by atoms with Gasteiger partial charge in [-0.05, 0) is 31.0 Å². The Kier molecular flexibility index (Phi) is 4.76. The maximum atomic E-state index is 12.7. The molecule has 0 unspecified atom stereocenters. The van der Waals surface area contributed by atoms with Crippen LogP contribution in [0.1, 0.15) is 29.8 Å². The molecule has 0 bridgehead atoms. The van der Waals surface area contributed by atoms with Crippen molar-refractivity contribution in [2.24, 2.45) is 0 Å². The molecule has 2 heterocycles. The number of nitrogens with zero attached hydrogens (tertiary/aromatic N) is 2. The molecular weight excluding hydrogens is 322 g/mol. The summed E-state index contributed by atoms with van der Waals surface area (Å²) in [5.41, 5.74) is 1.73. The molecule has 3 rings (SSSR count).